The van der Waals surface area contributed by atoms with Gasteiger partial charge in [-0.15, -0.1) is 0 Å². The summed E-state index contributed by atoms with van der Waals surface area (Å²) in [6.45, 7) is 5.25. The maximum atomic E-state index is 11.9. The van der Waals surface area contributed by atoms with E-state index in [1.165, 1.54) is 0 Å². The molecule has 3 heteroatoms. The first-order chi connectivity index (χ1) is 7.22. The van der Waals surface area contributed by atoms with Crippen LogP contribution < -0.4 is 0 Å². The van der Waals surface area contributed by atoms with E-state index in [4.69, 9.17) is 5.26 Å². The third-order valence-corrected chi connectivity index (χ3v) is 2.29. The zero-order valence-corrected chi connectivity index (χ0v) is 9.03. The van der Waals surface area contributed by atoms with Crippen molar-refractivity contribution in [3.8, 4) is 6.07 Å². The maximum absolute atomic E-state index is 11.9. The van der Waals surface area contributed by atoms with Crippen molar-refractivity contribution in [2.75, 3.05) is 13.1 Å². The van der Waals surface area contributed by atoms with E-state index in [0.717, 1.165) is 0 Å². The fourth-order valence-corrected chi connectivity index (χ4v) is 1.42. The number of rotatable bonds is 3. The normalized spacial score (nSPS) is 9.40. The Bertz CT molecular complexity index is 389. The van der Waals surface area contributed by atoms with Gasteiger partial charge >= 0.3 is 0 Å². The van der Waals surface area contributed by atoms with Crippen LogP contribution in [0.5, 0.6) is 0 Å². The molecule has 1 amide bonds. The van der Waals surface area contributed by atoms with Crippen LogP contribution in [0, 0.1) is 11.3 Å². The van der Waals surface area contributed by atoms with Crippen molar-refractivity contribution in [2.45, 2.75) is 13.8 Å². The van der Waals surface area contributed by atoms with Crippen LogP contribution in [-0.4, -0.2) is 23.9 Å². The molecule has 0 saturated heterocycles. The molecule has 1 aromatic carbocycles. The highest BCUT2D eigenvalue weighted by Gasteiger charge is 2.12. The van der Waals surface area contributed by atoms with Crippen molar-refractivity contribution in [3.05, 3.63) is 35.4 Å². The SMILES string of the molecule is CCN(CC)C(=O)c1cccc(C#N)c1. The molecule has 78 valence electrons. The van der Waals surface area contributed by atoms with Crippen LogP contribution in [0.4, 0.5) is 0 Å². The van der Waals surface area contributed by atoms with Crippen LogP contribution in [0.15, 0.2) is 24.3 Å². The number of benzene rings is 1. The first-order valence-electron chi connectivity index (χ1n) is 5.02. The monoisotopic (exact) mass is 202 g/mol. The van der Waals surface area contributed by atoms with Gasteiger partial charge in [0.1, 0.15) is 0 Å². The van der Waals surface area contributed by atoms with Crippen LogP contribution in [-0.2, 0) is 0 Å². The van der Waals surface area contributed by atoms with E-state index >= 15 is 0 Å². The van der Waals surface area contributed by atoms with Gasteiger partial charge in [-0.1, -0.05) is 6.07 Å². The highest BCUT2D eigenvalue weighted by atomic mass is 16.2. The van der Waals surface area contributed by atoms with Crippen LogP contribution in [0.1, 0.15) is 29.8 Å². The van der Waals surface area contributed by atoms with Gasteiger partial charge in [-0.2, -0.15) is 5.26 Å². The lowest BCUT2D eigenvalue weighted by Crippen LogP contribution is -2.30. The van der Waals surface area contributed by atoms with Crippen molar-refractivity contribution in [1.29, 1.82) is 5.26 Å². The Balaban J connectivity index is 2.96. The van der Waals surface area contributed by atoms with Crippen molar-refractivity contribution in [3.63, 3.8) is 0 Å². The van der Waals surface area contributed by atoms with Gasteiger partial charge in [0.15, 0.2) is 0 Å². The molecule has 0 heterocycles. The summed E-state index contributed by atoms with van der Waals surface area (Å²) in [6, 6.07) is 8.81. The van der Waals surface area contributed by atoms with E-state index in [-0.39, 0.29) is 5.91 Å². The van der Waals surface area contributed by atoms with Crippen molar-refractivity contribution < 1.29 is 4.79 Å². The van der Waals surface area contributed by atoms with E-state index in [2.05, 4.69) is 0 Å². The standard InChI is InChI=1S/C12H14N2O/c1-3-14(4-2)12(15)11-7-5-6-10(8-11)9-13/h5-8H,3-4H2,1-2H3. The van der Waals surface area contributed by atoms with E-state index in [1.54, 1.807) is 29.2 Å². The predicted octanol–water partition coefficient (Wildman–Crippen LogP) is 2.04. The Hall–Kier alpha value is -1.82. The molecular weight excluding hydrogens is 188 g/mol. The first kappa shape index (κ1) is 11.3. The molecule has 0 spiro atoms. The Morgan fingerprint density at radius 2 is 2.07 bits per heavy atom. The average molecular weight is 202 g/mol. The van der Waals surface area contributed by atoms with Gasteiger partial charge in [-0.3, -0.25) is 4.79 Å². The molecule has 3 nitrogen and oxygen atoms in total. The van der Waals surface area contributed by atoms with Crippen LogP contribution in [0.25, 0.3) is 0 Å². The summed E-state index contributed by atoms with van der Waals surface area (Å²) in [5.41, 5.74) is 1.10. The quantitative estimate of drug-likeness (QED) is 0.752. The molecule has 0 fully saturated rings. The smallest absolute Gasteiger partial charge is 0.253 e. The van der Waals surface area contributed by atoms with Crippen molar-refractivity contribution in [2.24, 2.45) is 0 Å². The lowest BCUT2D eigenvalue weighted by molar-refractivity contribution is 0.0773. The van der Waals surface area contributed by atoms with Gasteiger partial charge in [-0.25, -0.2) is 0 Å². The highest BCUT2D eigenvalue weighted by molar-refractivity contribution is 5.94. The molecule has 1 rings (SSSR count). The minimum atomic E-state index is -0.0166. The Labute approximate surface area is 89.9 Å². The molecular formula is C12H14N2O. The number of carbonyl (C=O) groups excluding carboxylic acids is 1. The number of nitriles is 1. The summed E-state index contributed by atoms with van der Waals surface area (Å²) >= 11 is 0. The fourth-order valence-electron chi connectivity index (χ4n) is 1.42. The minimum Gasteiger partial charge on any atom is -0.339 e. The Morgan fingerprint density at radius 3 is 2.60 bits per heavy atom. The molecule has 1 aromatic rings. The summed E-state index contributed by atoms with van der Waals surface area (Å²) in [5, 5.41) is 8.72. The van der Waals surface area contributed by atoms with Gasteiger partial charge in [0.05, 0.1) is 11.6 Å². The Kier molecular flexibility index (Phi) is 3.87. The molecule has 0 saturated carbocycles. The number of carbonyl (C=O) groups is 1. The molecule has 0 aliphatic heterocycles. The predicted molar refractivity (Wildman–Crippen MR) is 58.4 cm³/mol. The van der Waals surface area contributed by atoms with Gasteiger partial charge in [0.25, 0.3) is 5.91 Å². The molecule has 0 aliphatic rings. The maximum Gasteiger partial charge on any atom is 0.253 e. The van der Waals surface area contributed by atoms with E-state index in [9.17, 15) is 4.79 Å². The van der Waals surface area contributed by atoms with E-state index < -0.39 is 0 Å². The summed E-state index contributed by atoms with van der Waals surface area (Å²) < 4.78 is 0. The lowest BCUT2D eigenvalue weighted by atomic mass is 10.1. The molecule has 0 N–H and O–H groups in total. The third-order valence-electron chi connectivity index (χ3n) is 2.29. The number of nitrogens with zero attached hydrogens (tertiary/aromatic N) is 2. The second-order valence-corrected chi connectivity index (χ2v) is 3.17. The molecule has 0 aromatic heterocycles. The zero-order chi connectivity index (χ0) is 11.3. The second-order valence-electron chi connectivity index (χ2n) is 3.17. The number of amides is 1. The highest BCUT2D eigenvalue weighted by Crippen LogP contribution is 2.07. The van der Waals surface area contributed by atoms with Crippen molar-refractivity contribution in [1.82, 2.24) is 4.90 Å². The summed E-state index contributed by atoms with van der Waals surface area (Å²) in [4.78, 5) is 13.6. The summed E-state index contributed by atoms with van der Waals surface area (Å²) in [5.74, 6) is -0.0166. The Morgan fingerprint density at radius 1 is 1.40 bits per heavy atom. The van der Waals surface area contributed by atoms with Crippen LogP contribution in [0.2, 0.25) is 0 Å². The first-order valence-corrected chi connectivity index (χ1v) is 5.02. The number of hydrogen-bond donors (Lipinski definition) is 0. The molecule has 0 atom stereocenters. The van der Waals surface area contributed by atoms with Gasteiger partial charge in [-0.05, 0) is 32.0 Å². The summed E-state index contributed by atoms with van der Waals surface area (Å²) in [6.07, 6.45) is 0. The van der Waals surface area contributed by atoms with Gasteiger partial charge in [0, 0.05) is 18.7 Å². The second kappa shape index (κ2) is 5.16. The molecule has 0 radical (unpaired) electrons. The third kappa shape index (κ3) is 2.57. The van der Waals surface area contributed by atoms with Gasteiger partial charge in [0.2, 0.25) is 0 Å². The molecule has 0 bridgehead atoms. The fraction of sp³-hybridized carbons (Fsp3) is 0.333. The van der Waals surface area contributed by atoms with Gasteiger partial charge < -0.3 is 4.90 Å². The largest absolute Gasteiger partial charge is 0.339 e. The average Bonchev–Trinajstić information content (AvgIpc) is 2.30. The van der Waals surface area contributed by atoms with Crippen LogP contribution >= 0.6 is 0 Å². The summed E-state index contributed by atoms with van der Waals surface area (Å²) in [7, 11) is 0. The molecule has 0 unspecified atom stereocenters. The van der Waals surface area contributed by atoms with E-state index in [0.29, 0.717) is 24.2 Å². The molecule has 0 aliphatic carbocycles. The lowest BCUT2D eigenvalue weighted by Gasteiger charge is -2.18. The van der Waals surface area contributed by atoms with E-state index in [1.807, 2.05) is 19.9 Å². The van der Waals surface area contributed by atoms with Crippen molar-refractivity contribution >= 4 is 5.91 Å². The topological polar surface area (TPSA) is 44.1 Å². The van der Waals surface area contributed by atoms with Crippen LogP contribution in [0.3, 0.4) is 0 Å². The minimum absolute atomic E-state index is 0.0166. The zero-order valence-electron chi connectivity index (χ0n) is 9.03. The number of hydrogen-bond acceptors (Lipinski definition) is 2. The molecule has 15 heavy (non-hydrogen) atoms.